The van der Waals surface area contributed by atoms with Crippen molar-refractivity contribution < 1.29 is 9.47 Å². The van der Waals surface area contributed by atoms with Crippen LogP contribution in [0.4, 0.5) is 0 Å². The first-order chi connectivity index (χ1) is 15.1. The highest BCUT2D eigenvalue weighted by atomic mass is 16.5. The van der Waals surface area contributed by atoms with E-state index in [9.17, 15) is 0 Å². The van der Waals surface area contributed by atoms with E-state index in [1.807, 2.05) is 23.7 Å². The molecule has 1 aliphatic heterocycles. The van der Waals surface area contributed by atoms with Crippen molar-refractivity contribution in [3.8, 4) is 11.5 Å². The molecule has 2 heterocycles. The van der Waals surface area contributed by atoms with Crippen LogP contribution in [0.3, 0.4) is 0 Å². The van der Waals surface area contributed by atoms with Gasteiger partial charge >= 0.3 is 0 Å². The lowest BCUT2D eigenvalue weighted by Crippen LogP contribution is -2.47. The predicted molar refractivity (Wildman–Crippen MR) is 121 cm³/mol. The summed E-state index contributed by atoms with van der Waals surface area (Å²) in [5.41, 5.74) is 1.07. The summed E-state index contributed by atoms with van der Waals surface area (Å²) in [4.78, 5) is 9.36. The first kappa shape index (κ1) is 21.5. The third-order valence-electron chi connectivity index (χ3n) is 5.93. The second-order valence-corrected chi connectivity index (χ2v) is 8.33. The first-order valence-electron chi connectivity index (χ1n) is 11.4. The minimum absolute atomic E-state index is 0.275. The van der Waals surface area contributed by atoms with Gasteiger partial charge < -0.3 is 20.1 Å². The molecule has 1 fully saturated rings. The topological polar surface area (TPSA) is 85.6 Å². The molecule has 0 spiro atoms. The van der Waals surface area contributed by atoms with E-state index in [2.05, 4.69) is 33.7 Å². The summed E-state index contributed by atoms with van der Waals surface area (Å²) in [5.74, 6) is 4.42. The second kappa shape index (κ2) is 10.0. The summed E-state index contributed by atoms with van der Waals surface area (Å²) in [6, 6.07) is 6.29. The molecule has 1 unspecified atom stereocenters. The summed E-state index contributed by atoms with van der Waals surface area (Å²) in [6.45, 7) is 6.18. The van der Waals surface area contributed by atoms with E-state index in [0.29, 0.717) is 12.6 Å². The van der Waals surface area contributed by atoms with Crippen molar-refractivity contribution in [1.82, 2.24) is 25.4 Å². The lowest BCUT2D eigenvalue weighted by atomic mass is 10.1. The summed E-state index contributed by atoms with van der Waals surface area (Å²) < 4.78 is 13.8. The Hall–Kier alpha value is -2.77. The van der Waals surface area contributed by atoms with Crippen LogP contribution in [0.15, 0.2) is 23.2 Å². The average Bonchev–Trinajstić information content (AvgIpc) is 3.41. The molecular formula is C23H34N6O2. The van der Waals surface area contributed by atoms with Crippen molar-refractivity contribution in [1.29, 1.82) is 0 Å². The quantitative estimate of drug-likeness (QED) is 0.523. The van der Waals surface area contributed by atoms with Gasteiger partial charge in [0.15, 0.2) is 5.96 Å². The Bertz CT molecular complexity index is 903. The molecular weight excluding hydrogens is 392 g/mol. The number of fused-ring (bicyclic) bond motifs is 1. The number of aryl methyl sites for hydroxylation is 2. The summed E-state index contributed by atoms with van der Waals surface area (Å²) in [5, 5.41) is 11.5. The zero-order valence-corrected chi connectivity index (χ0v) is 18.9. The second-order valence-electron chi connectivity index (χ2n) is 8.33. The van der Waals surface area contributed by atoms with E-state index in [1.165, 1.54) is 12.8 Å². The molecule has 1 saturated carbocycles. The molecule has 0 amide bonds. The van der Waals surface area contributed by atoms with Crippen LogP contribution in [0, 0.1) is 6.92 Å². The third kappa shape index (κ3) is 5.48. The maximum absolute atomic E-state index is 6.32. The molecule has 1 aromatic heterocycles. The maximum atomic E-state index is 6.32. The van der Waals surface area contributed by atoms with Crippen LogP contribution in [0.5, 0.6) is 11.5 Å². The Labute approximate surface area is 184 Å². The van der Waals surface area contributed by atoms with Crippen LogP contribution in [0.2, 0.25) is 0 Å². The number of aromatic nitrogens is 3. The van der Waals surface area contributed by atoms with Gasteiger partial charge in [-0.05, 0) is 58.1 Å². The molecule has 1 aromatic carbocycles. The van der Waals surface area contributed by atoms with Gasteiger partial charge in [-0.15, -0.1) is 0 Å². The molecule has 4 rings (SSSR count). The van der Waals surface area contributed by atoms with Gasteiger partial charge in [-0.1, -0.05) is 0 Å². The fraction of sp³-hybridized carbons (Fsp3) is 0.609. The molecule has 2 aromatic rings. The Morgan fingerprint density at radius 1 is 1.26 bits per heavy atom. The Morgan fingerprint density at radius 3 is 2.87 bits per heavy atom. The molecule has 1 aliphatic carbocycles. The summed E-state index contributed by atoms with van der Waals surface area (Å²) in [6.07, 6.45) is 6.96. The number of guanidine groups is 1. The van der Waals surface area contributed by atoms with Gasteiger partial charge in [0.1, 0.15) is 23.1 Å². The minimum atomic E-state index is 0.275. The van der Waals surface area contributed by atoms with Gasteiger partial charge in [-0.25, -0.2) is 14.7 Å². The summed E-state index contributed by atoms with van der Waals surface area (Å²) >= 11 is 0. The predicted octanol–water partition coefficient (Wildman–Crippen LogP) is 2.99. The lowest BCUT2D eigenvalue weighted by molar-refractivity contribution is 0.207. The van der Waals surface area contributed by atoms with Crippen molar-refractivity contribution >= 4 is 5.96 Å². The van der Waals surface area contributed by atoms with Crippen LogP contribution in [0.1, 0.15) is 56.2 Å². The zero-order valence-electron chi connectivity index (χ0n) is 18.9. The minimum Gasteiger partial charge on any atom is -0.497 e. The standard InChI is InChI=1S/C23H34N6O2/c1-4-24-23(27-18-10-12-22-26-16(2)28-29(22)15-18)25-14-17-9-11-20(30-3)13-21(17)31-19-7-5-6-8-19/h9,11,13,18-19H,4-8,10,12,14-15H2,1-3H3,(H2,24,25,27). The van der Waals surface area contributed by atoms with Crippen molar-refractivity contribution in [3.05, 3.63) is 35.4 Å². The summed E-state index contributed by atoms with van der Waals surface area (Å²) in [7, 11) is 1.69. The number of nitrogens with one attached hydrogen (secondary N) is 2. The average molecular weight is 427 g/mol. The molecule has 0 radical (unpaired) electrons. The molecule has 31 heavy (non-hydrogen) atoms. The highest BCUT2D eigenvalue weighted by Crippen LogP contribution is 2.30. The van der Waals surface area contributed by atoms with Gasteiger partial charge in [0.25, 0.3) is 0 Å². The molecule has 1 atom stereocenters. The van der Waals surface area contributed by atoms with Crippen LogP contribution >= 0.6 is 0 Å². The molecule has 168 valence electrons. The molecule has 0 saturated heterocycles. The Kier molecular flexibility index (Phi) is 6.94. The van der Waals surface area contributed by atoms with E-state index < -0.39 is 0 Å². The van der Waals surface area contributed by atoms with Crippen molar-refractivity contribution in [2.24, 2.45) is 4.99 Å². The number of hydrogen-bond donors (Lipinski definition) is 2. The lowest BCUT2D eigenvalue weighted by Gasteiger charge is -2.25. The maximum Gasteiger partial charge on any atom is 0.191 e. The molecule has 0 bridgehead atoms. The highest BCUT2D eigenvalue weighted by molar-refractivity contribution is 5.80. The molecule has 8 nitrogen and oxygen atoms in total. The fourth-order valence-electron chi connectivity index (χ4n) is 4.32. The van der Waals surface area contributed by atoms with Crippen LogP contribution < -0.4 is 20.1 Å². The van der Waals surface area contributed by atoms with E-state index in [4.69, 9.17) is 14.5 Å². The number of benzene rings is 1. The number of aliphatic imine (C=N–C) groups is 1. The number of ether oxygens (including phenoxy) is 2. The van der Waals surface area contributed by atoms with Gasteiger partial charge in [-0.2, -0.15) is 5.10 Å². The number of hydrogen-bond acceptors (Lipinski definition) is 5. The Morgan fingerprint density at radius 2 is 2.10 bits per heavy atom. The molecule has 2 aliphatic rings. The van der Waals surface area contributed by atoms with Crippen molar-refractivity contribution in [2.45, 2.75) is 77.6 Å². The van der Waals surface area contributed by atoms with Gasteiger partial charge in [0.05, 0.1) is 26.3 Å². The van der Waals surface area contributed by atoms with Gasteiger partial charge in [0, 0.05) is 30.6 Å². The van der Waals surface area contributed by atoms with Crippen molar-refractivity contribution in [2.75, 3.05) is 13.7 Å². The van der Waals surface area contributed by atoms with E-state index in [-0.39, 0.29) is 6.04 Å². The monoisotopic (exact) mass is 426 g/mol. The smallest absolute Gasteiger partial charge is 0.191 e. The highest BCUT2D eigenvalue weighted by Gasteiger charge is 2.22. The van der Waals surface area contributed by atoms with Crippen molar-refractivity contribution in [3.63, 3.8) is 0 Å². The van der Waals surface area contributed by atoms with Gasteiger partial charge in [0.2, 0.25) is 0 Å². The fourth-order valence-corrected chi connectivity index (χ4v) is 4.32. The van der Waals surface area contributed by atoms with E-state index in [1.54, 1.807) is 7.11 Å². The van der Waals surface area contributed by atoms with Gasteiger partial charge in [-0.3, -0.25) is 0 Å². The third-order valence-corrected chi connectivity index (χ3v) is 5.93. The van der Waals surface area contributed by atoms with Crippen LogP contribution in [-0.2, 0) is 19.5 Å². The largest absolute Gasteiger partial charge is 0.497 e. The van der Waals surface area contributed by atoms with E-state index in [0.717, 1.165) is 73.4 Å². The first-order valence-corrected chi connectivity index (χ1v) is 11.4. The number of methoxy groups -OCH3 is 1. The number of nitrogens with zero attached hydrogens (tertiary/aromatic N) is 4. The molecule has 2 N–H and O–H groups in total. The SMILES string of the molecule is CCNC(=NCc1ccc(OC)cc1OC1CCCC1)NC1CCc2nc(C)nn2C1. The molecule has 8 heteroatoms. The van der Waals surface area contributed by atoms with Crippen LogP contribution in [-0.4, -0.2) is 46.5 Å². The van der Waals surface area contributed by atoms with Crippen LogP contribution in [0.25, 0.3) is 0 Å². The van der Waals surface area contributed by atoms with E-state index >= 15 is 0 Å². The zero-order chi connectivity index (χ0) is 21.6. The Balaban J connectivity index is 1.45. The number of rotatable bonds is 7. The normalized spacial score (nSPS) is 19.2.